The Morgan fingerprint density at radius 3 is 1.23 bits per heavy atom. The minimum atomic E-state index is -1.36. The van der Waals surface area contributed by atoms with Crippen molar-refractivity contribution in [3.05, 3.63) is 0 Å². The summed E-state index contributed by atoms with van der Waals surface area (Å²) in [7, 11) is 0. The van der Waals surface area contributed by atoms with Crippen LogP contribution < -0.4 is 17.2 Å². The van der Waals surface area contributed by atoms with Crippen molar-refractivity contribution in [3.8, 4) is 0 Å². The monoisotopic (exact) mass is 489 g/mol. The van der Waals surface area contributed by atoms with E-state index in [1.165, 1.54) is 0 Å². The van der Waals surface area contributed by atoms with Gasteiger partial charge in [0, 0.05) is 19.3 Å². The van der Waals surface area contributed by atoms with Crippen molar-refractivity contribution in [1.82, 2.24) is 0 Å². The Labute approximate surface area is 231 Å². The molecule has 166 valence electrons. The Kier molecular flexibility index (Phi) is 20.8. The number of carbonyl (C=O) groups excluding carboxylic acids is 4. The summed E-state index contributed by atoms with van der Waals surface area (Å²) in [5, 5.41) is 17.1. The molecule has 30 heavy (non-hydrogen) atoms. The zero-order valence-electron chi connectivity index (χ0n) is 14.9. The molecule has 0 aliphatic carbocycles. The molecule has 0 heterocycles. The van der Waals surface area contributed by atoms with E-state index < -0.39 is 66.8 Å². The molecule has 0 aliphatic rings. The number of ether oxygens (including phenoxy) is 2. The molecular formula is C15H27Ca2N3O10. The second-order valence-corrected chi connectivity index (χ2v) is 5.75. The molecule has 3 atom stereocenters. The van der Waals surface area contributed by atoms with Crippen molar-refractivity contribution in [1.29, 1.82) is 0 Å². The van der Waals surface area contributed by atoms with Gasteiger partial charge in [-0.2, -0.15) is 0 Å². The summed E-state index contributed by atoms with van der Waals surface area (Å²) in [4.78, 5) is 66.9. The summed E-state index contributed by atoms with van der Waals surface area (Å²) in [6.07, 6.45) is -1.99. The van der Waals surface area contributed by atoms with Crippen molar-refractivity contribution >= 4 is 111 Å². The van der Waals surface area contributed by atoms with Crippen LogP contribution in [-0.2, 0) is 38.2 Å². The van der Waals surface area contributed by atoms with E-state index in [1.807, 2.05) is 0 Å². The first-order valence-electron chi connectivity index (χ1n) is 8.14. The number of esters is 4. The third-order valence-electron chi connectivity index (χ3n) is 3.36. The number of carboxylic acid groups (broad SMARTS) is 2. The molecule has 0 unspecified atom stereocenters. The third kappa shape index (κ3) is 16.3. The zero-order valence-corrected chi connectivity index (χ0v) is 14.9. The first kappa shape index (κ1) is 34.2. The van der Waals surface area contributed by atoms with Gasteiger partial charge in [0.05, 0.1) is 0 Å². The van der Waals surface area contributed by atoms with Crippen LogP contribution in [0, 0.1) is 0 Å². The standard InChI is InChI=1S/C15H23N3O10.2Ca.4H/c16-7(13(22)23)1-4-10(19)27-11(20)6-3-9(18)15(26)28-12(21)5-2-8(17)14(24)25;;;;;;/h7-9H,1-6,16-18H2,(H,22,23)(H,24,25);;;;;;/t7-,8-,9-;;;;;;/m0....../s1. The molecule has 15 heteroatoms. The van der Waals surface area contributed by atoms with Crippen molar-refractivity contribution in [3.63, 3.8) is 0 Å². The molecule has 0 bridgehead atoms. The maximum atomic E-state index is 11.6. The van der Waals surface area contributed by atoms with Crippen molar-refractivity contribution in [2.24, 2.45) is 17.2 Å². The number of rotatable bonds is 12. The summed E-state index contributed by atoms with van der Waals surface area (Å²) < 4.78 is 8.81. The molecule has 0 spiro atoms. The van der Waals surface area contributed by atoms with E-state index in [9.17, 15) is 28.8 Å². The summed E-state index contributed by atoms with van der Waals surface area (Å²) in [5.41, 5.74) is 15.9. The quantitative estimate of drug-likeness (QED) is 0.0993. The number of aliphatic carboxylic acids is 2. The molecule has 0 amide bonds. The third-order valence-corrected chi connectivity index (χ3v) is 3.36. The van der Waals surface area contributed by atoms with Gasteiger partial charge in [0.1, 0.15) is 18.1 Å². The Bertz CT molecular complexity index is 632. The predicted molar refractivity (Wildman–Crippen MR) is 106 cm³/mol. The van der Waals surface area contributed by atoms with E-state index in [4.69, 9.17) is 27.4 Å². The van der Waals surface area contributed by atoms with E-state index >= 15 is 0 Å². The molecule has 0 aromatic rings. The minimum absolute atomic E-state index is 0. The van der Waals surface area contributed by atoms with Gasteiger partial charge in [-0.3, -0.25) is 24.0 Å². The average molecular weight is 490 g/mol. The summed E-state index contributed by atoms with van der Waals surface area (Å²) >= 11 is 0. The fraction of sp³-hybridized carbons (Fsp3) is 0.600. The molecule has 0 aromatic heterocycles. The normalized spacial score (nSPS) is 12.8. The van der Waals surface area contributed by atoms with Gasteiger partial charge >= 0.3 is 111 Å². The molecule has 13 nitrogen and oxygen atoms in total. The Balaban J connectivity index is -0.00000364. The van der Waals surface area contributed by atoms with E-state index in [-0.39, 0.29) is 101 Å². The Morgan fingerprint density at radius 2 is 0.900 bits per heavy atom. The average Bonchev–Trinajstić information content (AvgIpc) is 2.61. The SMILES string of the molecule is N[C@@H](CCC(=O)OC(=O)CC[C@H](N)C(=O)OC(=O)CC[C@H](N)C(=O)O)C(=O)O.[CaH2].[CaH2]. The zero-order chi connectivity index (χ0) is 21.9. The number of carbonyl (C=O) groups is 6. The molecule has 0 fully saturated rings. The van der Waals surface area contributed by atoms with Crippen LogP contribution in [0.2, 0.25) is 0 Å². The summed E-state index contributed by atoms with van der Waals surface area (Å²) in [5.74, 6) is -6.76. The molecular weight excluding hydrogens is 462 g/mol. The van der Waals surface area contributed by atoms with Crippen LogP contribution in [0.4, 0.5) is 0 Å². The second kappa shape index (κ2) is 18.2. The summed E-state index contributed by atoms with van der Waals surface area (Å²) in [6, 6.07) is -3.91. The summed E-state index contributed by atoms with van der Waals surface area (Å²) in [6.45, 7) is 0. The number of hydrogen-bond acceptors (Lipinski definition) is 11. The van der Waals surface area contributed by atoms with Gasteiger partial charge in [-0.1, -0.05) is 0 Å². The van der Waals surface area contributed by atoms with Crippen molar-refractivity contribution in [2.75, 3.05) is 0 Å². The van der Waals surface area contributed by atoms with Crippen LogP contribution in [0.3, 0.4) is 0 Å². The molecule has 0 rings (SSSR count). The van der Waals surface area contributed by atoms with E-state index in [0.717, 1.165) is 0 Å². The van der Waals surface area contributed by atoms with Gasteiger partial charge in [0.25, 0.3) is 0 Å². The van der Waals surface area contributed by atoms with E-state index in [0.29, 0.717) is 0 Å². The molecule has 0 aromatic carbocycles. The van der Waals surface area contributed by atoms with E-state index in [2.05, 4.69) is 9.47 Å². The van der Waals surface area contributed by atoms with Crippen molar-refractivity contribution in [2.45, 2.75) is 56.7 Å². The van der Waals surface area contributed by atoms with Gasteiger partial charge in [0.2, 0.25) is 0 Å². The van der Waals surface area contributed by atoms with Crippen LogP contribution in [0.1, 0.15) is 38.5 Å². The van der Waals surface area contributed by atoms with Crippen LogP contribution in [0.25, 0.3) is 0 Å². The first-order chi connectivity index (χ1) is 12.9. The topological polar surface area (TPSA) is 239 Å². The van der Waals surface area contributed by atoms with Gasteiger partial charge in [0.15, 0.2) is 0 Å². The number of carboxylic acids is 2. The second-order valence-electron chi connectivity index (χ2n) is 5.75. The molecule has 0 saturated heterocycles. The van der Waals surface area contributed by atoms with Crippen LogP contribution in [0.5, 0.6) is 0 Å². The van der Waals surface area contributed by atoms with Gasteiger partial charge in [-0.05, 0) is 19.3 Å². The molecule has 0 aliphatic heterocycles. The molecule has 0 saturated carbocycles. The number of nitrogens with two attached hydrogens (primary N) is 3. The first-order valence-corrected chi connectivity index (χ1v) is 8.14. The molecule has 0 radical (unpaired) electrons. The fourth-order valence-corrected chi connectivity index (χ4v) is 1.65. The van der Waals surface area contributed by atoms with Gasteiger partial charge in [-0.15, -0.1) is 0 Å². The van der Waals surface area contributed by atoms with Crippen LogP contribution in [0.15, 0.2) is 0 Å². The maximum absolute atomic E-state index is 11.6. The van der Waals surface area contributed by atoms with Crippen LogP contribution in [-0.4, -0.2) is 140 Å². The van der Waals surface area contributed by atoms with Gasteiger partial charge in [-0.25, -0.2) is 4.79 Å². The Hall–Kier alpha value is -0.381. The van der Waals surface area contributed by atoms with Gasteiger partial charge < -0.3 is 36.9 Å². The number of hydrogen-bond donors (Lipinski definition) is 5. The Morgan fingerprint density at radius 1 is 0.600 bits per heavy atom. The molecule has 8 N–H and O–H groups in total. The fourth-order valence-electron chi connectivity index (χ4n) is 1.65. The predicted octanol–water partition coefficient (Wildman–Crippen LogP) is -4.21. The van der Waals surface area contributed by atoms with E-state index in [1.54, 1.807) is 0 Å². The van der Waals surface area contributed by atoms with Crippen molar-refractivity contribution < 1.29 is 48.5 Å². The van der Waals surface area contributed by atoms with Crippen LogP contribution >= 0.6 is 0 Å².